The van der Waals surface area contributed by atoms with Crippen LogP contribution in [0.3, 0.4) is 0 Å². The lowest BCUT2D eigenvalue weighted by Crippen LogP contribution is -2.26. The van der Waals surface area contributed by atoms with Gasteiger partial charge in [-0.2, -0.15) is 9.78 Å². The lowest BCUT2D eigenvalue weighted by Gasteiger charge is -2.10. The average Bonchev–Trinajstić information content (AvgIpc) is 2.90. The van der Waals surface area contributed by atoms with Crippen LogP contribution in [0.5, 0.6) is 11.5 Å². The molecule has 0 radical (unpaired) electrons. The second kappa shape index (κ2) is 11.4. The van der Waals surface area contributed by atoms with Crippen LogP contribution in [-0.2, 0) is 6.42 Å². The number of methoxy groups -OCH3 is 2. The third-order valence-corrected chi connectivity index (χ3v) is 6.24. The normalized spacial score (nSPS) is 10.6. The van der Waals surface area contributed by atoms with Gasteiger partial charge < -0.3 is 14.8 Å². The minimum absolute atomic E-state index is 0.185. The number of amides is 1. The van der Waals surface area contributed by atoms with E-state index in [9.17, 15) is 9.59 Å². The second-order valence-electron chi connectivity index (χ2n) is 7.56. The molecular formula is C27H25N3O4S. The van der Waals surface area contributed by atoms with Crippen molar-refractivity contribution in [3.05, 3.63) is 106 Å². The lowest BCUT2D eigenvalue weighted by molar-refractivity contribution is 0.0954. The van der Waals surface area contributed by atoms with Crippen LogP contribution in [-0.4, -0.2) is 36.5 Å². The van der Waals surface area contributed by atoms with Gasteiger partial charge in [-0.25, -0.2) is 0 Å². The minimum atomic E-state index is -0.252. The molecule has 3 aromatic carbocycles. The van der Waals surface area contributed by atoms with Gasteiger partial charge in [-0.3, -0.25) is 9.59 Å². The number of ether oxygens (including phenoxy) is 2. The summed E-state index contributed by atoms with van der Waals surface area (Å²) in [6, 6.07) is 25.3. The molecule has 0 aliphatic carbocycles. The maximum atomic E-state index is 12.6. The van der Waals surface area contributed by atoms with Crippen LogP contribution in [0, 0.1) is 0 Å². The van der Waals surface area contributed by atoms with Gasteiger partial charge in [0.25, 0.3) is 11.5 Å². The van der Waals surface area contributed by atoms with E-state index in [2.05, 4.69) is 10.4 Å². The minimum Gasteiger partial charge on any atom is -0.497 e. The molecule has 1 N–H and O–H groups in total. The Bertz CT molecular complexity index is 1350. The summed E-state index contributed by atoms with van der Waals surface area (Å²) in [7, 11) is 3.25. The van der Waals surface area contributed by atoms with Crippen molar-refractivity contribution < 1.29 is 14.3 Å². The average molecular weight is 488 g/mol. The molecule has 0 bridgehead atoms. The number of hydrogen-bond donors (Lipinski definition) is 1. The highest BCUT2D eigenvalue weighted by Gasteiger charge is 2.09. The largest absolute Gasteiger partial charge is 0.497 e. The van der Waals surface area contributed by atoms with Gasteiger partial charge in [-0.15, -0.1) is 0 Å². The van der Waals surface area contributed by atoms with Crippen molar-refractivity contribution in [1.82, 2.24) is 15.1 Å². The van der Waals surface area contributed by atoms with E-state index in [1.165, 1.54) is 22.5 Å². The smallest absolute Gasteiger partial charge is 0.271 e. The summed E-state index contributed by atoms with van der Waals surface area (Å²) in [5, 5.41) is 8.07. The van der Waals surface area contributed by atoms with E-state index in [0.29, 0.717) is 29.2 Å². The van der Waals surface area contributed by atoms with Crippen molar-refractivity contribution in [3.8, 4) is 17.2 Å². The molecule has 35 heavy (non-hydrogen) atoms. The number of nitrogens with zero attached hydrogens (tertiary/aromatic N) is 2. The zero-order valence-corrected chi connectivity index (χ0v) is 20.2. The molecule has 0 unspecified atom stereocenters. The van der Waals surface area contributed by atoms with Gasteiger partial charge in [0.15, 0.2) is 0 Å². The van der Waals surface area contributed by atoms with E-state index in [1.807, 2.05) is 48.5 Å². The summed E-state index contributed by atoms with van der Waals surface area (Å²) in [6.45, 7) is 0.479. The molecule has 1 amide bonds. The molecule has 4 rings (SSSR count). The van der Waals surface area contributed by atoms with Crippen molar-refractivity contribution in [2.45, 2.75) is 16.3 Å². The number of aromatic nitrogens is 2. The predicted octanol–water partition coefficient (Wildman–Crippen LogP) is 4.37. The fourth-order valence-corrected chi connectivity index (χ4v) is 4.25. The number of benzene rings is 3. The molecule has 0 spiro atoms. The van der Waals surface area contributed by atoms with Crippen molar-refractivity contribution in [2.75, 3.05) is 20.8 Å². The van der Waals surface area contributed by atoms with E-state index in [4.69, 9.17) is 9.47 Å². The van der Waals surface area contributed by atoms with E-state index < -0.39 is 0 Å². The summed E-state index contributed by atoms with van der Waals surface area (Å²) < 4.78 is 11.9. The number of carbonyl (C=O) groups excluding carboxylic acids is 1. The van der Waals surface area contributed by atoms with E-state index in [0.717, 1.165) is 22.0 Å². The first-order valence-corrected chi connectivity index (χ1v) is 11.8. The fourth-order valence-electron chi connectivity index (χ4n) is 3.47. The molecular weight excluding hydrogens is 462 g/mol. The molecule has 0 fully saturated rings. The molecule has 178 valence electrons. The summed E-state index contributed by atoms with van der Waals surface area (Å²) in [5.74, 6) is 1.39. The molecule has 4 aromatic rings. The maximum Gasteiger partial charge on any atom is 0.271 e. The van der Waals surface area contributed by atoms with Crippen LogP contribution in [0.1, 0.15) is 15.9 Å². The monoisotopic (exact) mass is 487 g/mol. The van der Waals surface area contributed by atoms with E-state index >= 15 is 0 Å². The van der Waals surface area contributed by atoms with Crippen LogP contribution in [0.15, 0.2) is 99.6 Å². The first-order valence-electron chi connectivity index (χ1n) is 11.0. The van der Waals surface area contributed by atoms with Crippen LogP contribution < -0.4 is 20.3 Å². The van der Waals surface area contributed by atoms with Crippen molar-refractivity contribution >= 4 is 17.7 Å². The molecule has 7 nitrogen and oxygen atoms in total. The maximum absolute atomic E-state index is 12.6. The van der Waals surface area contributed by atoms with Gasteiger partial charge >= 0.3 is 0 Å². The van der Waals surface area contributed by atoms with Crippen LogP contribution in [0.2, 0.25) is 0 Å². The Balaban J connectivity index is 1.41. The molecule has 0 aliphatic rings. The fraction of sp³-hybridized carbons (Fsp3) is 0.148. The molecule has 0 saturated heterocycles. The number of para-hydroxylation sites is 1. The van der Waals surface area contributed by atoms with Crippen molar-refractivity contribution in [2.24, 2.45) is 0 Å². The molecule has 0 aliphatic heterocycles. The third kappa shape index (κ3) is 6.10. The Morgan fingerprint density at radius 1 is 0.914 bits per heavy atom. The van der Waals surface area contributed by atoms with Crippen molar-refractivity contribution in [1.29, 1.82) is 0 Å². The first kappa shape index (κ1) is 24.1. The number of carbonyl (C=O) groups is 1. The van der Waals surface area contributed by atoms with Gasteiger partial charge in [0.05, 0.1) is 19.9 Å². The van der Waals surface area contributed by atoms with E-state index in [1.54, 1.807) is 44.6 Å². The van der Waals surface area contributed by atoms with Gasteiger partial charge in [0, 0.05) is 23.1 Å². The van der Waals surface area contributed by atoms with Crippen LogP contribution in [0.25, 0.3) is 5.69 Å². The SMILES string of the molecule is COc1ccc(Sc2ccc(=O)n(-c3ccc(C(=O)NCCc4ccccc4OC)cc3)n2)cc1. The number of rotatable bonds is 9. The highest BCUT2D eigenvalue weighted by molar-refractivity contribution is 7.99. The topological polar surface area (TPSA) is 82.5 Å². The van der Waals surface area contributed by atoms with Crippen molar-refractivity contribution in [3.63, 3.8) is 0 Å². The Labute approximate surface area is 207 Å². The molecule has 0 atom stereocenters. The third-order valence-electron chi connectivity index (χ3n) is 5.30. The Morgan fingerprint density at radius 3 is 2.37 bits per heavy atom. The van der Waals surface area contributed by atoms with Crippen LogP contribution in [0.4, 0.5) is 0 Å². The zero-order chi connectivity index (χ0) is 24.6. The summed E-state index contributed by atoms with van der Waals surface area (Å²) >= 11 is 1.44. The zero-order valence-electron chi connectivity index (χ0n) is 19.4. The number of nitrogens with one attached hydrogen (secondary N) is 1. The highest BCUT2D eigenvalue weighted by atomic mass is 32.2. The lowest BCUT2D eigenvalue weighted by atomic mass is 10.1. The van der Waals surface area contributed by atoms with Gasteiger partial charge in [0.1, 0.15) is 16.5 Å². The highest BCUT2D eigenvalue weighted by Crippen LogP contribution is 2.27. The Morgan fingerprint density at radius 2 is 1.66 bits per heavy atom. The Hall–Kier alpha value is -4.04. The predicted molar refractivity (Wildman–Crippen MR) is 136 cm³/mol. The van der Waals surface area contributed by atoms with Gasteiger partial charge in [-0.1, -0.05) is 30.0 Å². The number of hydrogen-bond acceptors (Lipinski definition) is 6. The van der Waals surface area contributed by atoms with E-state index in [-0.39, 0.29) is 11.5 Å². The quantitative estimate of drug-likeness (QED) is 0.378. The second-order valence-corrected chi connectivity index (χ2v) is 8.66. The summed E-state index contributed by atoms with van der Waals surface area (Å²) in [4.78, 5) is 26.0. The Kier molecular flexibility index (Phi) is 7.84. The van der Waals surface area contributed by atoms with Gasteiger partial charge in [0.2, 0.25) is 0 Å². The van der Waals surface area contributed by atoms with Crippen LogP contribution >= 0.6 is 11.8 Å². The molecule has 0 saturated carbocycles. The molecule has 1 aromatic heterocycles. The first-order chi connectivity index (χ1) is 17.1. The molecule has 8 heteroatoms. The molecule has 1 heterocycles. The summed E-state index contributed by atoms with van der Waals surface area (Å²) in [5.41, 5.74) is 1.87. The standard InChI is InChI=1S/C27H25N3O4S/c1-33-22-11-13-23(14-12-22)35-25-15-16-26(31)30(29-25)21-9-7-20(8-10-21)27(32)28-18-17-19-5-3-4-6-24(19)34-2/h3-16H,17-18H2,1-2H3,(H,28,32). The van der Waals surface area contributed by atoms with Gasteiger partial charge in [-0.05, 0) is 72.6 Å². The summed E-state index contributed by atoms with van der Waals surface area (Å²) in [6.07, 6.45) is 0.659.